The largest absolute Gasteiger partial charge is 0.312 e. The van der Waals surface area contributed by atoms with Crippen LogP contribution < -0.4 is 5.32 Å². The molecule has 0 aromatic heterocycles. The quantitative estimate of drug-likeness (QED) is 0.756. The maximum atomic E-state index is 6.14. The van der Waals surface area contributed by atoms with Crippen molar-refractivity contribution in [1.82, 2.24) is 5.32 Å². The van der Waals surface area contributed by atoms with Gasteiger partial charge in [0.1, 0.15) is 0 Å². The molecule has 0 saturated heterocycles. The van der Waals surface area contributed by atoms with E-state index in [0.717, 1.165) is 30.1 Å². The Labute approximate surface area is 136 Å². The van der Waals surface area contributed by atoms with Crippen LogP contribution in [0.2, 0.25) is 10.0 Å². The minimum atomic E-state index is 0. The molecule has 20 heavy (non-hydrogen) atoms. The summed E-state index contributed by atoms with van der Waals surface area (Å²) in [5.74, 6) is 0. The summed E-state index contributed by atoms with van der Waals surface area (Å²) in [4.78, 5) is 0. The van der Waals surface area contributed by atoms with Crippen molar-refractivity contribution in [2.75, 3.05) is 6.54 Å². The molecule has 0 heterocycles. The summed E-state index contributed by atoms with van der Waals surface area (Å²) in [6.45, 7) is 3.92. The van der Waals surface area contributed by atoms with Crippen molar-refractivity contribution in [2.24, 2.45) is 0 Å². The van der Waals surface area contributed by atoms with Crippen molar-refractivity contribution in [1.29, 1.82) is 0 Å². The summed E-state index contributed by atoms with van der Waals surface area (Å²) in [6, 6.07) is 14.1. The molecular weight excluding hydrogens is 313 g/mol. The number of halogens is 3. The predicted molar refractivity (Wildman–Crippen MR) is 90.3 cm³/mol. The number of rotatable bonds is 5. The number of hydrogen-bond donors (Lipinski definition) is 1. The van der Waals surface area contributed by atoms with Crippen LogP contribution in [0.5, 0.6) is 0 Å². The minimum absolute atomic E-state index is 0. The Bertz CT molecular complexity index is 555. The Kier molecular flexibility index (Phi) is 7.39. The monoisotopic (exact) mass is 329 g/mol. The van der Waals surface area contributed by atoms with E-state index in [1.54, 1.807) is 6.07 Å². The van der Waals surface area contributed by atoms with Crippen LogP contribution in [-0.2, 0) is 13.0 Å². The third-order valence-electron chi connectivity index (χ3n) is 3.16. The zero-order valence-corrected chi connectivity index (χ0v) is 13.7. The zero-order chi connectivity index (χ0) is 13.7. The molecule has 1 N–H and O–H groups in total. The van der Waals surface area contributed by atoms with Crippen LogP contribution in [0, 0.1) is 6.92 Å². The van der Waals surface area contributed by atoms with Crippen molar-refractivity contribution in [2.45, 2.75) is 19.9 Å². The van der Waals surface area contributed by atoms with Crippen LogP contribution in [0.25, 0.3) is 0 Å². The van der Waals surface area contributed by atoms with Crippen LogP contribution in [0.3, 0.4) is 0 Å². The first kappa shape index (κ1) is 17.3. The SMILES string of the molecule is Cc1ccccc1CNCCc1ccc(Cl)cc1Cl.Cl. The normalized spacial score (nSPS) is 10.2. The summed E-state index contributed by atoms with van der Waals surface area (Å²) in [6.07, 6.45) is 0.905. The molecule has 0 unspecified atom stereocenters. The Hall–Kier alpha value is -0.730. The van der Waals surface area contributed by atoms with E-state index >= 15 is 0 Å². The molecule has 2 aromatic rings. The van der Waals surface area contributed by atoms with Crippen molar-refractivity contribution in [3.63, 3.8) is 0 Å². The molecule has 0 aliphatic rings. The minimum Gasteiger partial charge on any atom is -0.312 e. The highest BCUT2D eigenvalue weighted by Gasteiger charge is 2.01. The Morgan fingerprint density at radius 1 is 1.00 bits per heavy atom. The summed E-state index contributed by atoms with van der Waals surface area (Å²) < 4.78 is 0. The Morgan fingerprint density at radius 3 is 2.45 bits per heavy atom. The first-order valence-electron chi connectivity index (χ1n) is 6.36. The number of benzene rings is 2. The molecule has 0 saturated carbocycles. The lowest BCUT2D eigenvalue weighted by molar-refractivity contribution is 0.684. The average Bonchev–Trinajstić information content (AvgIpc) is 2.38. The van der Waals surface area contributed by atoms with Gasteiger partial charge in [0, 0.05) is 16.6 Å². The van der Waals surface area contributed by atoms with Gasteiger partial charge in [-0.1, -0.05) is 53.5 Å². The van der Waals surface area contributed by atoms with Gasteiger partial charge in [-0.2, -0.15) is 0 Å². The molecule has 2 aromatic carbocycles. The van der Waals surface area contributed by atoms with E-state index in [-0.39, 0.29) is 12.4 Å². The fourth-order valence-electron chi connectivity index (χ4n) is 1.98. The van der Waals surface area contributed by atoms with Crippen molar-refractivity contribution >= 4 is 35.6 Å². The lowest BCUT2D eigenvalue weighted by Gasteiger charge is -2.08. The molecule has 0 radical (unpaired) electrons. The second-order valence-corrected chi connectivity index (χ2v) is 5.43. The molecule has 0 amide bonds. The lowest BCUT2D eigenvalue weighted by atomic mass is 10.1. The van der Waals surface area contributed by atoms with E-state index in [2.05, 4.69) is 36.5 Å². The summed E-state index contributed by atoms with van der Waals surface area (Å²) in [5, 5.41) is 4.86. The molecule has 4 heteroatoms. The van der Waals surface area contributed by atoms with E-state index in [4.69, 9.17) is 23.2 Å². The smallest absolute Gasteiger partial charge is 0.0453 e. The van der Waals surface area contributed by atoms with Gasteiger partial charge in [0.2, 0.25) is 0 Å². The van der Waals surface area contributed by atoms with Gasteiger partial charge in [-0.15, -0.1) is 12.4 Å². The molecule has 0 aliphatic carbocycles. The predicted octanol–water partition coefficient (Wildman–Crippen LogP) is 5.06. The third-order valence-corrected chi connectivity index (χ3v) is 3.75. The molecular formula is C16H18Cl3N. The maximum Gasteiger partial charge on any atom is 0.0453 e. The van der Waals surface area contributed by atoms with E-state index in [1.807, 2.05) is 12.1 Å². The standard InChI is InChI=1S/C16H17Cl2N.ClH/c1-12-4-2-3-5-14(12)11-19-9-8-13-6-7-15(17)10-16(13)18;/h2-7,10,19H,8-9,11H2,1H3;1H. The average molecular weight is 331 g/mol. The van der Waals surface area contributed by atoms with E-state index < -0.39 is 0 Å². The Balaban J connectivity index is 0.00000200. The molecule has 0 spiro atoms. The maximum absolute atomic E-state index is 6.14. The van der Waals surface area contributed by atoms with Crippen molar-refractivity contribution in [3.05, 3.63) is 69.2 Å². The van der Waals surface area contributed by atoms with E-state index in [1.165, 1.54) is 11.1 Å². The second kappa shape index (κ2) is 8.53. The van der Waals surface area contributed by atoms with Gasteiger partial charge < -0.3 is 5.32 Å². The highest BCUT2D eigenvalue weighted by Crippen LogP contribution is 2.21. The van der Waals surface area contributed by atoms with Crippen LogP contribution in [-0.4, -0.2) is 6.54 Å². The van der Waals surface area contributed by atoms with Crippen molar-refractivity contribution in [3.8, 4) is 0 Å². The van der Waals surface area contributed by atoms with E-state index in [0.29, 0.717) is 5.02 Å². The number of hydrogen-bond acceptors (Lipinski definition) is 1. The highest BCUT2D eigenvalue weighted by molar-refractivity contribution is 6.35. The fourth-order valence-corrected chi connectivity index (χ4v) is 2.48. The topological polar surface area (TPSA) is 12.0 Å². The lowest BCUT2D eigenvalue weighted by Crippen LogP contribution is -2.17. The molecule has 0 fully saturated rings. The fraction of sp³-hybridized carbons (Fsp3) is 0.250. The van der Waals surface area contributed by atoms with Gasteiger partial charge in [0.25, 0.3) is 0 Å². The third kappa shape index (κ3) is 4.99. The zero-order valence-electron chi connectivity index (χ0n) is 11.3. The van der Waals surface area contributed by atoms with Gasteiger partial charge in [-0.3, -0.25) is 0 Å². The van der Waals surface area contributed by atoms with Gasteiger partial charge in [-0.05, 0) is 48.7 Å². The molecule has 0 atom stereocenters. The van der Waals surface area contributed by atoms with Crippen LogP contribution in [0.15, 0.2) is 42.5 Å². The number of nitrogens with one attached hydrogen (secondary N) is 1. The van der Waals surface area contributed by atoms with Gasteiger partial charge in [0.05, 0.1) is 0 Å². The molecule has 0 aliphatic heterocycles. The van der Waals surface area contributed by atoms with E-state index in [9.17, 15) is 0 Å². The molecule has 1 nitrogen and oxygen atoms in total. The summed E-state index contributed by atoms with van der Waals surface area (Å²) in [5.41, 5.74) is 3.78. The first-order chi connectivity index (χ1) is 9.16. The molecule has 0 bridgehead atoms. The second-order valence-electron chi connectivity index (χ2n) is 4.59. The number of aryl methyl sites for hydroxylation is 1. The van der Waals surface area contributed by atoms with Crippen LogP contribution in [0.1, 0.15) is 16.7 Å². The summed E-state index contributed by atoms with van der Waals surface area (Å²) >= 11 is 12.0. The van der Waals surface area contributed by atoms with Crippen LogP contribution in [0.4, 0.5) is 0 Å². The Morgan fingerprint density at radius 2 is 1.75 bits per heavy atom. The van der Waals surface area contributed by atoms with Gasteiger partial charge in [0.15, 0.2) is 0 Å². The van der Waals surface area contributed by atoms with Crippen LogP contribution >= 0.6 is 35.6 Å². The highest BCUT2D eigenvalue weighted by atomic mass is 35.5. The van der Waals surface area contributed by atoms with Crippen molar-refractivity contribution < 1.29 is 0 Å². The van der Waals surface area contributed by atoms with Gasteiger partial charge >= 0.3 is 0 Å². The molecule has 2 rings (SSSR count). The molecule has 108 valence electrons. The first-order valence-corrected chi connectivity index (χ1v) is 7.11. The summed E-state index contributed by atoms with van der Waals surface area (Å²) in [7, 11) is 0. The van der Waals surface area contributed by atoms with Gasteiger partial charge in [-0.25, -0.2) is 0 Å².